The Labute approximate surface area is 101 Å². The smallest absolute Gasteiger partial charge is 0.328 e. The largest absolute Gasteiger partial charge is 0.467 e. The fraction of sp³-hybridized carbons (Fsp3) is 0.800. The van der Waals surface area contributed by atoms with Crippen molar-refractivity contribution in [3.8, 4) is 0 Å². The lowest BCUT2D eigenvalue weighted by Gasteiger charge is -2.31. The van der Waals surface area contributed by atoms with Gasteiger partial charge in [0.05, 0.1) is 18.6 Å². The highest BCUT2D eigenvalue weighted by molar-refractivity contribution is 7.91. The van der Waals surface area contributed by atoms with Gasteiger partial charge < -0.3 is 9.64 Å². The molecule has 2 atom stereocenters. The number of carbonyl (C=O) groups excluding carboxylic acids is 2. The molecule has 0 radical (unpaired) electrons. The Bertz CT molecular complexity index is 416. The summed E-state index contributed by atoms with van der Waals surface area (Å²) in [6.45, 7) is 2.86. The molecule has 1 heterocycles. The number of sulfone groups is 1. The van der Waals surface area contributed by atoms with Crippen molar-refractivity contribution < 1.29 is 22.7 Å². The first-order valence-corrected chi connectivity index (χ1v) is 7.18. The average Bonchev–Trinajstić information content (AvgIpc) is 2.57. The molecular formula is C10H17NO5S. The maximum absolute atomic E-state index is 11.5. The number of amides is 1. The minimum atomic E-state index is -3.09. The number of rotatable bonds is 3. The highest BCUT2D eigenvalue weighted by Crippen LogP contribution is 2.20. The molecule has 2 unspecified atom stereocenters. The van der Waals surface area contributed by atoms with E-state index in [2.05, 4.69) is 4.74 Å². The molecule has 1 saturated heterocycles. The Kier molecular flexibility index (Phi) is 4.13. The van der Waals surface area contributed by atoms with Crippen LogP contribution in [0.1, 0.15) is 20.3 Å². The van der Waals surface area contributed by atoms with Gasteiger partial charge >= 0.3 is 5.97 Å². The maximum Gasteiger partial charge on any atom is 0.328 e. The minimum absolute atomic E-state index is 0.0648. The van der Waals surface area contributed by atoms with Gasteiger partial charge in [-0.25, -0.2) is 13.2 Å². The molecule has 98 valence electrons. The standard InChI is InChI=1S/C10H17NO5S/c1-7(10(13)16-3)11(8(2)12)9-4-5-17(14,15)6-9/h7,9H,4-6H2,1-3H3. The molecule has 7 heteroatoms. The number of hydrogen-bond acceptors (Lipinski definition) is 5. The summed E-state index contributed by atoms with van der Waals surface area (Å²) in [7, 11) is -1.85. The van der Waals surface area contributed by atoms with Crippen LogP contribution in [-0.2, 0) is 24.2 Å². The first kappa shape index (κ1) is 14.0. The van der Waals surface area contributed by atoms with Crippen molar-refractivity contribution in [2.75, 3.05) is 18.6 Å². The zero-order valence-electron chi connectivity index (χ0n) is 10.2. The number of esters is 1. The molecule has 1 aliphatic heterocycles. The van der Waals surface area contributed by atoms with Gasteiger partial charge in [0.15, 0.2) is 9.84 Å². The molecule has 1 fully saturated rings. The lowest BCUT2D eigenvalue weighted by molar-refractivity contribution is -0.152. The normalized spacial score (nSPS) is 24.1. The molecule has 0 aromatic carbocycles. The fourth-order valence-corrected chi connectivity index (χ4v) is 3.84. The third-order valence-electron chi connectivity index (χ3n) is 2.92. The van der Waals surface area contributed by atoms with E-state index in [0.29, 0.717) is 6.42 Å². The average molecular weight is 263 g/mol. The fourth-order valence-electron chi connectivity index (χ4n) is 2.12. The van der Waals surface area contributed by atoms with Crippen molar-refractivity contribution in [3.05, 3.63) is 0 Å². The van der Waals surface area contributed by atoms with E-state index in [1.807, 2.05) is 0 Å². The number of nitrogens with zero attached hydrogens (tertiary/aromatic N) is 1. The van der Waals surface area contributed by atoms with Gasteiger partial charge in [0.2, 0.25) is 5.91 Å². The molecule has 0 bridgehead atoms. The third kappa shape index (κ3) is 3.18. The number of methoxy groups -OCH3 is 1. The monoisotopic (exact) mass is 263 g/mol. The zero-order valence-corrected chi connectivity index (χ0v) is 11.0. The Morgan fingerprint density at radius 2 is 2.00 bits per heavy atom. The van der Waals surface area contributed by atoms with Crippen LogP contribution >= 0.6 is 0 Å². The Balaban J connectivity index is 2.88. The van der Waals surface area contributed by atoms with Crippen LogP contribution in [0.2, 0.25) is 0 Å². The summed E-state index contributed by atoms with van der Waals surface area (Å²) in [5, 5.41) is 0. The first-order chi connectivity index (χ1) is 7.78. The quantitative estimate of drug-likeness (QED) is 0.646. The molecule has 0 spiro atoms. The van der Waals surface area contributed by atoms with Crippen LogP contribution in [0.25, 0.3) is 0 Å². The van der Waals surface area contributed by atoms with Crippen LogP contribution in [0, 0.1) is 0 Å². The topological polar surface area (TPSA) is 80.8 Å². The summed E-state index contributed by atoms with van der Waals surface area (Å²) in [5.74, 6) is -0.863. The van der Waals surface area contributed by atoms with Gasteiger partial charge in [-0.1, -0.05) is 0 Å². The SMILES string of the molecule is COC(=O)C(C)N(C(C)=O)C1CCS(=O)(=O)C1. The van der Waals surface area contributed by atoms with E-state index >= 15 is 0 Å². The second kappa shape index (κ2) is 5.03. The molecule has 0 N–H and O–H groups in total. The summed E-state index contributed by atoms with van der Waals surface area (Å²) >= 11 is 0. The van der Waals surface area contributed by atoms with Gasteiger partial charge in [-0.2, -0.15) is 0 Å². The van der Waals surface area contributed by atoms with Crippen LogP contribution in [0.4, 0.5) is 0 Å². The Hall–Kier alpha value is -1.11. The highest BCUT2D eigenvalue weighted by atomic mass is 32.2. The second-order valence-electron chi connectivity index (χ2n) is 4.18. The molecule has 1 amide bonds. The summed E-state index contributed by atoms with van der Waals surface area (Å²) in [6, 6.07) is -1.18. The summed E-state index contributed by atoms with van der Waals surface area (Å²) in [4.78, 5) is 24.2. The zero-order chi connectivity index (χ0) is 13.2. The van der Waals surface area contributed by atoms with E-state index in [9.17, 15) is 18.0 Å². The molecule has 0 aromatic heterocycles. The van der Waals surface area contributed by atoms with Crippen LogP contribution in [0.15, 0.2) is 0 Å². The molecule has 17 heavy (non-hydrogen) atoms. The van der Waals surface area contributed by atoms with E-state index < -0.39 is 27.9 Å². The van der Waals surface area contributed by atoms with Crippen LogP contribution < -0.4 is 0 Å². The molecule has 0 saturated carbocycles. The molecule has 1 rings (SSSR count). The highest BCUT2D eigenvalue weighted by Gasteiger charge is 2.38. The van der Waals surface area contributed by atoms with Crippen molar-refractivity contribution >= 4 is 21.7 Å². The number of hydrogen-bond donors (Lipinski definition) is 0. The van der Waals surface area contributed by atoms with Crippen LogP contribution in [-0.4, -0.2) is 55.9 Å². The first-order valence-electron chi connectivity index (χ1n) is 5.35. The van der Waals surface area contributed by atoms with E-state index in [1.54, 1.807) is 0 Å². The molecular weight excluding hydrogens is 246 g/mol. The van der Waals surface area contributed by atoms with Crippen molar-refractivity contribution in [1.29, 1.82) is 0 Å². The molecule has 0 aromatic rings. The summed E-state index contributed by atoms with van der Waals surface area (Å²) in [6.07, 6.45) is 0.378. The summed E-state index contributed by atoms with van der Waals surface area (Å²) in [5.41, 5.74) is 0. The van der Waals surface area contributed by atoms with Crippen molar-refractivity contribution in [1.82, 2.24) is 4.90 Å². The van der Waals surface area contributed by atoms with Crippen LogP contribution in [0.3, 0.4) is 0 Å². The number of carbonyl (C=O) groups is 2. The van der Waals surface area contributed by atoms with E-state index in [1.165, 1.54) is 25.9 Å². The molecule has 0 aliphatic carbocycles. The van der Waals surface area contributed by atoms with Crippen molar-refractivity contribution in [2.24, 2.45) is 0 Å². The van der Waals surface area contributed by atoms with Gasteiger partial charge in [-0.3, -0.25) is 4.79 Å². The van der Waals surface area contributed by atoms with Crippen molar-refractivity contribution in [3.63, 3.8) is 0 Å². The van der Waals surface area contributed by atoms with E-state index in [0.717, 1.165) is 0 Å². The Morgan fingerprint density at radius 3 is 2.35 bits per heavy atom. The van der Waals surface area contributed by atoms with E-state index in [4.69, 9.17) is 0 Å². The minimum Gasteiger partial charge on any atom is -0.467 e. The van der Waals surface area contributed by atoms with Gasteiger partial charge in [-0.05, 0) is 13.3 Å². The second-order valence-corrected chi connectivity index (χ2v) is 6.41. The predicted molar refractivity (Wildman–Crippen MR) is 61.1 cm³/mol. The molecule has 1 aliphatic rings. The lowest BCUT2D eigenvalue weighted by Crippen LogP contribution is -2.49. The van der Waals surface area contributed by atoms with Gasteiger partial charge in [-0.15, -0.1) is 0 Å². The lowest BCUT2D eigenvalue weighted by atomic mass is 10.1. The van der Waals surface area contributed by atoms with Gasteiger partial charge in [0.25, 0.3) is 0 Å². The van der Waals surface area contributed by atoms with Crippen molar-refractivity contribution in [2.45, 2.75) is 32.4 Å². The van der Waals surface area contributed by atoms with Gasteiger partial charge in [0.1, 0.15) is 6.04 Å². The number of ether oxygens (including phenoxy) is 1. The maximum atomic E-state index is 11.5. The molecule has 6 nitrogen and oxygen atoms in total. The summed E-state index contributed by atoms with van der Waals surface area (Å²) < 4.78 is 27.3. The third-order valence-corrected chi connectivity index (χ3v) is 4.68. The Morgan fingerprint density at radius 1 is 1.41 bits per heavy atom. The van der Waals surface area contributed by atoms with Crippen LogP contribution in [0.5, 0.6) is 0 Å². The predicted octanol–water partition coefficient (Wildman–Crippen LogP) is -0.416. The van der Waals surface area contributed by atoms with Gasteiger partial charge in [0, 0.05) is 13.0 Å². The van der Waals surface area contributed by atoms with E-state index in [-0.39, 0.29) is 17.4 Å².